The zero-order chi connectivity index (χ0) is 14.4. The third-order valence-electron chi connectivity index (χ3n) is 3.85. The lowest BCUT2D eigenvalue weighted by atomic mass is 9.89. The number of nitrogens with one attached hydrogen (secondary N) is 1. The molecule has 1 fully saturated rings. The molecule has 0 amide bonds. The number of hydrogen-bond acceptors (Lipinski definition) is 3. The van der Waals surface area contributed by atoms with E-state index in [0.717, 1.165) is 31.9 Å². The van der Waals surface area contributed by atoms with Gasteiger partial charge in [0.05, 0.1) is 13.2 Å². The molecule has 1 aromatic rings. The Balaban J connectivity index is 2.06. The predicted molar refractivity (Wildman–Crippen MR) is 82.1 cm³/mol. The van der Waals surface area contributed by atoms with Crippen molar-refractivity contribution < 1.29 is 9.47 Å². The molecule has 1 aromatic carbocycles. The van der Waals surface area contributed by atoms with E-state index in [1.54, 1.807) is 7.11 Å². The van der Waals surface area contributed by atoms with Gasteiger partial charge in [0.1, 0.15) is 5.75 Å². The van der Waals surface area contributed by atoms with E-state index in [1.807, 2.05) is 12.1 Å². The molecular formula is C17H27NO2. The molecule has 2 atom stereocenters. The van der Waals surface area contributed by atoms with E-state index in [1.165, 1.54) is 12.0 Å². The maximum Gasteiger partial charge on any atom is 0.124 e. The van der Waals surface area contributed by atoms with Crippen molar-refractivity contribution in [3.05, 3.63) is 29.8 Å². The lowest BCUT2D eigenvalue weighted by Crippen LogP contribution is -2.33. The molecule has 2 unspecified atom stereocenters. The van der Waals surface area contributed by atoms with E-state index in [-0.39, 0.29) is 6.10 Å². The highest BCUT2D eigenvalue weighted by molar-refractivity contribution is 5.35. The largest absolute Gasteiger partial charge is 0.496 e. The van der Waals surface area contributed by atoms with Crippen LogP contribution in [0.15, 0.2) is 24.3 Å². The summed E-state index contributed by atoms with van der Waals surface area (Å²) >= 11 is 0. The lowest BCUT2D eigenvalue weighted by Gasteiger charge is -2.33. The molecular weight excluding hydrogens is 250 g/mol. The van der Waals surface area contributed by atoms with Crippen LogP contribution >= 0.6 is 0 Å². The van der Waals surface area contributed by atoms with Gasteiger partial charge in [-0.3, -0.25) is 0 Å². The van der Waals surface area contributed by atoms with Crippen molar-refractivity contribution in [2.45, 2.75) is 32.8 Å². The fourth-order valence-electron chi connectivity index (χ4n) is 2.85. The Labute approximate surface area is 122 Å². The molecule has 0 radical (unpaired) electrons. The molecule has 2 rings (SSSR count). The van der Waals surface area contributed by atoms with Crippen LogP contribution in [0.4, 0.5) is 0 Å². The number of hydrogen-bond donors (Lipinski definition) is 1. The number of ether oxygens (including phenoxy) is 2. The Bertz CT molecular complexity index is 406. The lowest BCUT2D eigenvalue weighted by molar-refractivity contribution is -0.0290. The summed E-state index contributed by atoms with van der Waals surface area (Å²) in [6.07, 6.45) is 2.52. The first-order valence-corrected chi connectivity index (χ1v) is 7.67. The first-order chi connectivity index (χ1) is 9.72. The standard InChI is InChI=1S/C17H27NO2/c1-13(2)11-18-12-14-7-6-10-20-17(14)15-8-4-5-9-16(15)19-3/h4-5,8-9,13-14,17-18H,6-7,10-12H2,1-3H3. The summed E-state index contributed by atoms with van der Waals surface area (Å²) < 4.78 is 11.5. The number of methoxy groups -OCH3 is 1. The van der Waals surface area contributed by atoms with E-state index in [4.69, 9.17) is 9.47 Å². The zero-order valence-corrected chi connectivity index (χ0v) is 12.9. The van der Waals surface area contributed by atoms with E-state index in [2.05, 4.69) is 31.3 Å². The summed E-state index contributed by atoms with van der Waals surface area (Å²) in [6.45, 7) is 7.41. The molecule has 0 aliphatic carbocycles. The topological polar surface area (TPSA) is 30.5 Å². The van der Waals surface area contributed by atoms with Crippen LogP contribution in [0.5, 0.6) is 5.75 Å². The van der Waals surface area contributed by atoms with Crippen LogP contribution in [-0.2, 0) is 4.74 Å². The summed E-state index contributed by atoms with van der Waals surface area (Å²) in [5.41, 5.74) is 1.19. The molecule has 0 saturated carbocycles. The monoisotopic (exact) mass is 277 g/mol. The second-order valence-corrected chi connectivity index (χ2v) is 5.99. The highest BCUT2D eigenvalue weighted by Gasteiger charge is 2.29. The second-order valence-electron chi connectivity index (χ2n) is 5.99. The summed E-state index contributed by atoms with van der Waals surface area (Å²) in [5, 5.41) is 3.57. The maximum atomic E-state index is 6.06. The maximum absolute atomic E-state index is 6.06. The number of rotatable bonds is 6. The SMILES string of the molecule is COc1ccccc1C1OCCCC1CNCC(C)C. The zero-order valence-electron chi connectivity index (χ0n) is 12.9. The van der Waals surface area contributed by atoms with Gasteiger partial charge in [-0.2, -0.15) is 0 Å². The van der Waals surface area contributed by atoms with E-state index < -0.39 is 0 Å². The minimum atomic E-state index is 0.152. The third kappa shape index (κ3) is 3.97. The van der Waals surface area contributed by atoms with Crippen LogP contribution in [0.3, 0.4) is 0 Å². The van der Waals surface area contributed by atoms with Crippen molar-refractivity contribution in [2.75, 3.05) is 26.8 Å². The molecule has 3 nitrogen and oxygen atoms in total. The molecule has 0 bridgehead atoms. The Morgan fingerprint density at radius 3 is 2.90 bits per heavy atom. The van der Waals surface area contributed by atoms with E-state index in [0.29, 0.717) is 11.8 Å². The average molecular weight is 277 g/mol. The number of para-hydroxylation sites is 1. The fraction of sp³-hybridized carbons (Fsp3) is 0.647. The normalized spacial score (nSPS) is 23.0. The van der Waals surface area contributed by atoms with Gasteiger partial charge in [0, 0.05) is 24.6 Å². The smallest absolute Gasteiger partial charge is 0.124 e. The fourth-order valence-corrected chi connectivity index (χ4v) is 2.85. The molecule has 3 heteroatoms. The van der Waals surface area contributed by atoms with Gasteiger partial charge in [0.25, 0.3) is 0 Å². The van der Waals surface area contributed by atoms with Gasteiger partial charge < -0.3 is 14.8 Å². The van der Waals surface area contributed by atoms with Gasteiger partial charge >= 0.3 is 0 Å². The average Bonchev–Trinajstić information content (AvgIpc) is 2.47. The van der Waals surface area contributed by atoms with Gasteiger partial charge in [-0.25, -0.2) is 0 Å². The van der Waals surface area contributed by atoms with Crippen molar-refractivity contribution in [1.82, 2.24) is 5.32 Å². The van der Waals surface area contributed by atoms with Crippen LogP contribution in [0.2, 0.25) is 0 Å². The Morgan fingerprint density at radius 2 is 2.15 bits per heavy atom. The molecule has 1 saturated heterocycles. The summed E-state index contributed by atoms with van der Waals surface area (Å²) in [5.74, 6) is 2.15. The molecule has 1 aliphatic rings. The quantitative estimate of drug-likeness (QED) is 0.864. The van der Waals surface area contributed by atoms with Crippen molar-refractivity contribution in [1.29, 1.82) is 0 Å². The molecule has 1 N–H and O–H groups in total. The third-order valence-corrected chi connectivity index (χ3v) is 3.85. The molecule has 112 valence electrons. The minimum absolute atomic E-state index is 0.152. The summed E-state index contributed by atoms with van der Waals surface area (Å²) in [4.78, 5) is 0. The molecule has 0 aromatic heterocycles. The first kappa shape index (κ1) is 15.3. The highest BCUT2D eigenvalue weighted by Crippen LogP contribution is 2.37. The van der Waals surface area contributed by atoms with Gasteiger partial charge in [0.2, 0.25) is 0 Å². The van der Waals surface area contributed by atoms with Crippen LogP contribution in [0.25, 0.3) is 0 Å². The molecule has 1 heterocycles. The minimum Gasteiger partial charge on any atom is -0.496 e. The van der Waals surface area contributed by atoms with Crippen LogP contribution in [-0.4, -0.2) is 26.8 Å². The molecule has 20 heavy (non-hydrogen) atoms. The van der Waals surface area contributed by atoms with Crippen molar-refractivity contribution in [3.63, 3.8) is 0 Å². The number of benzene rings is 1. The molecule has 1 aliphatic heterocycles. The van der Waals surface area contributed by atoms with Crippen LogP contribution < -0.4 is 10.1 Å². The van der Waals surface area contributed by atoms with E-state index >= 15 is 0 Å². The van der Waals surface area contributed by atoms with Crippen molar-refractivity contribution in [2.24, 2.45) is 11.8 Å². The van der Waals surface area contributed by atoms with Crippen LogP contribution in [0, 0.1) is 11.8 Å². The highest BCUT2D eigenvalue weighted by atomic mass is 16.5. The summed E-state index contributed by atoms with van der Waals surface area (Å²) in [7, 11) is 1.73. The summed E-state index contributed by atoms with van der Waals surface area (Å²) in [6, 6.07) is 8.22. The Morgan fingerprint density at radius 1 is 1.35 bits per heavy atom. The second kappa shape index (κ2) is 7.65. The Kier molecular flexibility index (Phi) is 5.86. The van der Waals surface area contributed by atoms with Crippen molar-refractivity contribution >= 4 is 0 Å². The van der Waals surface area contributed by atoms with Gasteiger partial charge in [-0.1, -0.05) is 32.0 Å². The van der Waals surface area contributed by atoms with E-state index in [9.17, 15) is 0 Å². The Hall–Kier alpha value is -1.06. The van der Waals surface area contributed by atoms with Crippen molar-refractivity contribution in [3.8, 4) is 5.75 Å². The van der Waals surface area contributed by atoms with Gasteiger partial charge in [-0.15, -0.1) is 0 Å². The van der Waals surface area contributed by atoms with Crippen LogP contribution in [0.1, 0.15) is 38.4 Å². The van der Waals surface area contributed by atoms with Gasteiger partial charge in [-0.05, 0) is 31.4 Å². The molecule has 0 spiro atoms. The predicted octanol–water partition coefficient (Wildman–Crippen LogP) is 3.41. The van der Waals surface area contributed by atoms with Gasteiger partial charge in [0.15, 0.2) is 0 Å². The first-order valence-electron chi connectivity index (χ1n) is 7.67.